The van der Waals surface area contributed by atoms with Crippen molar-refractivity contribution in [1.29, 1.82) is 0 Å². The Labute approximate surface area is 112 Å². The molecule has 0 saturated carbocycles. The molecule has 2 nitrogen and oxygen atoms in total. The summed E-state index contributed by atoms with van der Waals surface area (Å²) >= 11 is 1.57. The van der Waals surface area contributed by atoms with E-state index in [2.05, 4.69) is 20.8 Å². The number of ketones is 1. The van der Waals surface area contributed by atoms with Crippen molar-refractivity contribution in [2.75, 3.05) is 0 Å². The number of thiophene rings is 1. The largest absolute Gasteiger partial charge is 0.466 e. The fourth-order valence-corrected chi connectivity index (χ4v) is 2.87. The molecule has 18 heavy (non-hydrogen) atoms. The number of furan rings is 1. The lowest BCUT2D eigenvalue weighted by atomic mass is 9.95. The molecule has 2 rings (SSSR count). The van der Waals surface area contributed by atoms with Crippen molar-refractivity contribution in [1.82, 2.24) is 0 Å². The van der Waals surface area contributed by atoms with Gasteiger partial charge in [-0.15, -0.1) is 11.3 Å². The Hall–Kier alpha value is -1.35. The summed E-state index contributed by atoms with van der Waals surface area (Å²) in [6.45, 7) is 10.2. The molecular formula is C15H18O2S. The predicted octanol–water partition coefficient (Wildman–Crippen LogP) is 4.49. The second kappa shape index (κ2) is 4.39. The van der Waals surface area contributed by atoms with Gasteiger partial charge in [0, 0.05) is 4.88 Å². The molecule has 0 aliphatic heterocycles. The van der Waals surface area contributed by atoms with Crippen LogP contribution < -0.4 is 0 Å². The Kier molecular flexibility index (Phi) is 3.20. The third-order valence-corrected chi connectivity index (χ3v) is 4.36. The maximum absolute atomic E-state index is 12.4. The minimum atomic E-state index is 0.0600. The Morgan fingerprint density at radius 3 is 2.33 bits per heavy atom. The lowest BCUT2D eigenvalue weighted by Crippen LogP contribution is -2.08. The van der Waals surface area contributed by atoms with E-state index in [0.717, 1.165) is 10.6 Å². The normalized spacial score (nSPS) is 11.8. The highest BCUT2D eigenvalue weighted by Gasteiger charge is 2.21. The second-order valence-electron chi connectivity index (χ2n) is 5.57. The molecule has 0 aliphatic rings. The van der Waals surface area contributed by atoms with E-state index in [-0.39, 0.29) is 11.2 Å². The predicted molar refractivity (Wildman–Crippen MR) is 74.6 cm³/mol. The SMILES string of the molecule is Cc1cc(C(=O)c2ccc(C(C)(C)C)s2)c(C)o1. The summed E-state index contributed by atoms with van der Waals surface area (Å²) in [6.07, 6.45) is 0. The van der Waals surface area contributed by atoms with E-state index in [0.29, 0.717) is 11.3 Å². The van der Waals surface area contributed by atoms with Crippen LogP contribution in [0.4, 0.5) is 0 Å². The van der Waals surface area contributed by atoms with Crippen LogP contribution >= 0.6 is 11.3 Å². The molecule has 0 amide bonds. The van der Waals surface area contributed by atoms with Crippen LogP contribution in [0.15, 0.2) is 22.6 Å². The van der Waals surface area contributed by atoms with Crippen molar-refractivity contribution in [3.05, 3.63) is 45.0 Å². The standard InChI is InChI=1S/C15H18O2S/c1-9-8-11(10(2)17-9)14(16)12-6-7-13(18-12)15(3,4)5/h6-8H,1-5H3. The number of carbonyl (C=O) groups excluding carboxylic acids is 1. The van der Waals surface area contributed by atoms with Gasteiger partial charge in [0.2, 0.25) is 5.78 Å². The Morgan fingerprint density at radius 2 is 1.89 bits per heavy atom. The van der Waals surface area contributed by atoms with Crippen LogP contribution in [-0.4, -0.2) is 5.78 Å². The molecule has 0 radical (unpaired) electrons. The van der Waals surface area contributed by atoms with Crippen LogP contribution in [0.25, 0.3) is 0 Å². The molecule has 2 aromatic rings. The van der Waals surface area contributed by atoms with Crippen LogP contribution in [0.1, 0.15) is 52.4 Å². The first-order chi connectivity index (χ1) is 8.29. The fraction of sp³-hybridized carbons (Fsp3) is 0.400. The molecule has 0 unspecified atom stereocenters. The van der Waals surface area contributed by atoms with E-state index in [1.807, 2.05) is 32.0 Å². The topological polar surface area (TPSA) is 30.2 Å². The average molecular weight is 262 g/mol. The molecule has 0 fully saturated rings. The van der Waals surface area contributed by atoms with E-state index in [1.165, 1.54) is 4.88 Å². The van der Waals surface area contributed by atoms with Crippen molar-refractivity contribution < 1.29 is 9.21 Å². The van der Waals surface area contributed by atoms with Gasteiger partial charge in [0.1, 0.15) is 11.5 Å². The van der Waals surface area contributed by atoms with Gasteiger partial charge in [-0.1, -0.05) is 20.8 Å². The van der Waals surface area contributed by atoms with Gasteiger partial charge in [0.25, 0.3) is 0 Å². The highest BCUT2D eigenvalue weighted by Crippen LogP contribution is 2.31. The average Bonchev–Trinajstić information content (AvgIpc) is 2.83. The zero-order valence-electron chi connectivity index (χ0n) is 11.5. The fourth-order valence-electron chi connectivity index (χ4n) is 1.85. The summed E-state index contributed by atoms with van der Waals surface area (Å²) in [5.74, 6) is 1.54. The lowest BCUT2D eigenvalue weighted by molar-refractivity contribution is 0.104. The van der Waals surface area contributed by atoms with Crippen LogP contribution in [0.2, 0.25) is 0 Å². The van der Waals surface area contributed by atoms with E-state index in [4.69, 9.17) is 4.42 Å². The maximum Gasteiger partial charge on any atom is 0.206 e. The summed E-state index contributed by atoms with van der Waals surface area (Å²) in [7, 11) is 0. The molecule has 0 bridgehead atoms. The molecular weight excluding hydrogens is 244 g/mol. The van der Waals surface area contributed by atoms with Gasteiger partial charge in [0.05, 0.1) is 10.4 Å². The number of hydrogen-bond donors (Lipinski definition) is 0. The van der Waals surface area contributed by atoms with Crippen molar-refractivity contribution in [2.45, 2.75) is 40.0 Å². The molecule has 0 spiro atoms. The summed E-state index contributed by atoms with van der Waals surface area (Å²) in [4.78, 5) is 14.4. The molecule has 96 valence electrons. The second-order valence-corrected chi connectivity index (χ2v) is 6.65. The number of carbonyl (C=O) groups is 1. The maximum atomic E-state index is 12.4. The van der Waals surface area contributed by atoms with E-state index < -0.39 is 0 Å². The van der Waals surface area contributed by atoms with E-state index in [9.17, 15) is 4.79 Å². The highest BCUT2D eigenvalue weighted by atomic mass is 32.1. The van der Waals surface area contributed by atoms with Crippen molar-refractivity contribution in [3.63, 3.8) is 0 Å². The molecule has 0 saturated heterocycles. The Bertz CT molecular complexity index is 582. The van der Waals surface area contributed by atoms with Gasteiger partial charge in [-0.05, 0) is 37.5 Å². The summed E-state index contributed by atoms with van der Waals surface area (Å²) in [6, 6.07) is 5.77. The molecule has 0 atom stereocenters. The number of rotatable bonds is 2. The van der Waals surface area contributed by atoms with Crippen LogP contribution in [0.5, 0.6) is 0 Å². The molecule has 0 N–H and O–H groups in total. The Morgan fingerprint density at radius 1 is 1.22 bits per heavy atom. The quantitative estimate of drug-likeness (QED) is 0.747. The van der Waals surface area contributed by atoms with E-state index in [1.54, 1.807) is 11.3 Å². The zero-order chi connectivity index (χ0) is 13.5. The minimum Gasteiger partial charge on any atom is -0.466 e. The monoisotopic (exact) mass is 262 g/mol. The van der Waals surface area contributed by atoms with Gasteiger partial charge >= 0.3 is 0 Å². The third-order valence-electron chi connectivity index (χ3n) is 2.85. The first-order valence-electron chi connectivity index (χ1n) is 6.01. The first-order valence-corrected chi connectivity index (χ1v) is 6.83. The zero-order valence-corrected chi connectivity index (χ0v) is 12.3. The number of aryl methyl sites for hydroxylation is 2. The minimum absolute atomic E-state index is 0.0600. The van der Waals surface area contributed by atoms with Gasteiger partial charge < -0.3 is 4.42 Å². The van der Waals surface area contributed by atoms with Gasteiger partial charge in [-0.25, -0.2) is 0 Å². The van der Waals surface area contributed by atoms with E-state index >= 15 is 0 Å². The number of hydrogen-bond acceptors (Lipinski definition) is 3. The van der Waals surface area contributed by atoms with Crippen LogP contribution in [0.3, 0.4) is 0 Å². The summed E-state index contributed by atoms with van der Waals surface area (Å²) < 4.78 is 5.41. The lowest BCUT2D eigenvalue weighted by Gasteiger charge is -2.15. The van der Waals surface area contributed by atoms with Gasteiger partial charge in [0.15, 0.2) is 0 Å². The third kappa shape index (κ3) is 2.41. The summed E-state index contributed by atoms with van der Waals surface area (Å²) in [5.41, 5.74) is 0.764. The molecule has 3 heteroatoms. The molecule has 0 aromatic carbocycles. The van der Waals surface area contributed by atoms with Crippen molar-refractivity contribution in [2.24, 2.45) is 0 Å². The Balaban J connectivity index is 2.35. The summed E-state index contributed by atoms with van der Waals surface area (Å²) in [5, 5.41) is 0. The smallest absolute Gasteiger partial charge is 0.206 e. The van der Waals surface area contributed by atoms with Gasteiger partial charge in [-0.3, -0.25) is 4.79 Å². The first kappa shape index (κ1) is 13.1. The van der Waals surface area contributed by atoms with Crippen LogP contribution in [0, 0.1) is 13.8 Å². The highest BCUT2D eigenvalue weighted by molar-refractivity contribution is 7.14. The van der Waals surface area contributed by atoms with Gasteiger partial charge in [-0.2, -0.15) is 0 Å². The van der Waals surface area contributed by atoms with Crippen LogP contribution in [-0.2, 0) is 5.41 Å². The van der Waals surface area contributed by atoms with Crippen molar-refractivity contribution in [3.8, 4) is 0 Å². The molecule has 0 aliphatic carbocycles. The molecule has 2 heterocycles. The molecule has 2 aromatic heterocycles. The van der Waals surface area contributed by atoms with Crippen molar-refractivity contribution >= 4 is 17.1 Å².